The summed E-state index contributed by atoms with van der Waals surface area (Å²) in [5.74, 6) is -0.563. The number of carbonyl (C=O) groups excluding carboxylic acids is 1. The Labute approximate surface area is 134 Å². The van der Waals surface area contributed by atoms with Crippen LogP contribution in [-0.4, -0.2) is 39.5 Å². The van der Waals surface area contributed by atoms with Gasteiger partial charge >= 0.3 is 5.97 Å². The lowest BCUT2D eigenvalue weighted by molar-refractivity contribution is -0.144. The molecule has 1 aromatic heterocycles. The first-order valence-corrected chi connectivity index (χ1v) is 8.79. The van der Waals surface area contributed by atoms with E-state index in [1.165, 1.54) is 24.2 Å². The molecule has 1 aromatic rings. The Bertz CT molecular complexity index is 594. The quantitative estimate of drug-likeness (QED) is 0.925. The molecule has 22 heavy (non-hydrogen) atoms. The van der Waals surface area contributed by atoms with Gasteiger partial charge in [0.25, 0.3) is 5.91 Å². The van der Waals surface area contributed by atoms with Crippen molar-refractivity contribution in [2.24, 2.45) is 11.8 Å². The first kappa shape index (κ1) is 15.5. The van der Waals surface area contributed by atoms with Crippen molar-refractivity contribution in [3.8, 4) is 0 Å². The molecule has 6 heteroatoms. The van der Waals surface area contributed by atoms with Crippen LogP contribution in [0.4, 0.5) is 0 Å². The fourth-order valence-electron chi connectivity index (χ4n) is 3.20. The van der Waals surface area contributed by atoms with Gasteiger partial charge in [-0.1, -0.05) is 0 Å². The number of piperidine rings is 1. The van der Waals surface area contributed by atoms with Gasteiger partial charge in [0.2, 0.25) is 0 Å². The molecule has 1 N–H and O–H groups in total. The van der Waals surface area contributed by atoms with Crippen molar-refractivity contribution in [1.29, 1.82) is 0 Å². The number of aromatic nitrogens is 1. The molecule has 0 radical (unpaired) electrons. The maximum atomic E-state index is 12.8. The van der Waals surface area contributed by atoms with Gasteiger partial charge in [-0.2, -0.15) is 0 Å². The lowest BCUT2D eigenvalue weighted by atomic mass is 9.90. The molecule has 0 aromatic carbocycles. The zero-order valence-corrected chi connectivity index (χ0v) is 13.9. The highest BCUT2D eigenvalue weighted by molar-refractivity contribution is 7.13. The maximum absolute atomic E-state index is 12.8. The second kappa shape index (κ2) is 5.99. The van der Waals surface area contributed by atoms with Gasteiger partial charge in [0.1, 0.15) is 4.88 Å². The summed E-state index contributed by atoms with van der Waals surface area (Å²) in [4.78, 5) is 31.1. The maximum Gasteiger partial charge on any atom is 0.308 e. The van der Waals surface area contributed by atoms with Crippen LogP contribution in [0.3, 0.4) is 0 Å². The van der Waals surface area contributed by atoms with Crippen molar-refractivity contribution in [2.45, 2.75) is 52.0 Å². The molecule has 5 nitrogen and oxygen atoms in total. The number of hydrogen-bond acceptors (Lipinski definition) is 4. The Morgan fingerprint density at radius 1 is 1.36 bits per heavy atom. The van der Waals surface area contributed by atoms with E-state index < -0.39 is 11.9 Å². The highest BCUT2D eigenvalue weighted by atomic mass is 32.1. The lowest BCUT2D eigenvalue weighted by Gasteiger charge is -2.37. The second-order valence-corrected chi connectivity index (χ2v) is 7.58. The number of likely N-dealkylation sites (tertiary alicyclic amines) is 1. The fraction of sp³-hybridized carbons (Fsp3) is 0.688. The fourth-order valence-corrected chi connectivity index (χ4v) is 4.33. The SMILES string of the molecule is Cc1nc(CC2CC2)sc1C(=O)N1CCC[C@@H](C(=O)O)[C@H]1C. The van der Waals surface area contributed by atoms with Crippen LogP contribution in [-0.2, 0) is 11.2 Å². The summed E-state index contributed by atoms with van der Waals surface area (Å²) in [7, 11) is 0. The van der Waals surface area contributed by atoms with Gasteiger partial charge in [-0.25, -0.2) is 4.98 Å². The number of carboxylic acids is 1. The van der Waals surface area contributed by atoms with Crippen molar-refractivity contribution in [3.63, 3.8) is 0 Å². The van der Waals surface area contributed by atoms with E-state index in [2.05, 4.69) is 4.98 Å². The Balaban J connectivity index is 1.77. The summed E-state index contributed by atoms with van der Waals surface area (Å²) in [6.45, 7) is 4.36. The van der Waals surface area contributed by atoms with Crippen molar-refractivity contribution in [1.82, 2.24) is 9.88 Å². The molecule has 1 saturated heterocycles. The van der Waals surface area contributed by atoms with Crippen LogP contribution in [0, 0.1) is 18.8 Å². The third kappa shape index (κ3) is 3.02. The molecule has 0 spiro atoms. The van der Waals surface area contributed by atoms with Crippen LogP contribution < -0.4 is 0 Å². The van der Waals surface area contributed by atoms with Gasteiger partial charge in [-0.3, -0.25) is 9.59 Å². The van der Waals surface area contributed by atoms with Crippen LogP contribution in [0.2, 0.25) is 0 Å². The average molecular weight is 322 g/mol. The van der Waals surface area contributed by atoms with Crippen molar-refractivity contribution in [3.05, 3.63) is 15.6 Å². The van der Waals surface area contributed by atoms with E-state index in [4.69, 9.17) is 0 Å². The number of amides is 1. The number of aliphatic carboxylic acids is 1. The van der Waals surface area contributed by atoms with Crippen LogP contribution in [0.5, 0.6) is 0 Å². The van der Waals surface area contributed by atoms with E-state index in [-0.39, 0.29) is 11.9 Å². The Morgan fingerprint density at radius 3 is 2.73 bits per heavy atom. The third-order valence-corrected chi connectivity index (χ3v) is 5.93. The molecule has 2 aliphatic rings. The number of nitrogens with zero attached hydrogens (tertiary/aromatic N) is 2. The summed E-state index contributed by atoms with van der Waals surface area (Å²) in [5, 5.41) is 10.3. The number of hydrogen-bond donors (Lipinski definition) is 1. The van der Waals surface area contributed by atoms with Gasteiger partial charge in [-0.15, -0.1) is 11.3 Å². The number of rotatable bonds is 4. The van der Waals surface area contributed by atoms with Gasteiger partial charge in [0.05, 0.1) is 16.6 Å². The molecule has 1 aliphatic carbocycles. The Hall–Kier alpha value is -1.43. The van der Waals surface area contributed by atoms with E-state index >= 15 is 0 Å². The van der Waals surface area contributed by atoms with E-state index in [1.807, 2.05) is 13.8 Å². The molecule has 0 unspecified atom stereocenters. The van der Waals surface area contributed by atoms with E-state index in [0.29, 0.717) is 17.8 Å². The highest BCUT2D eigenvalue weighted by Gasteiger charge is 2.36. The van der Waals surface area contributed by atoms with E-state index in [9.17, 15) is 14.7 Å². The van der Waals surface area contributed by atoms with Crippen molar-refractivity contribution in [2.75, 3.05) is 6.54 Å². The third-order valence-electron chi connectivity index (χ3n) is 4.76. The minimum absolute atomic E-state index is 0.0458. The minimum atomic E-state index is -0.805. The molecular weight excluding hydrogens is 300 g/mol. The molecule has 0 bridgehead atoms. The summed E-state index contributed by atoms with van der Waals surface area (Å²) < 4.78 is 0. The predicted octanol–water partition coefficient (Wildman–Crippen LogP) is 2.73. The molecule has 120 valence electrons. The Kier molecular flexibility index (Phi) is 4.21. The first-order chi connectivity index (χ1) is 10.5. The van der Waals surface area contributed by atoms with Crippen LogP contribution >= 0.6 is 11.3 Å². The van der Waals surface area contributed by atoms with E-state index in [0.717, 1.165) is 29.5 Å². The second-order valence-electron chi connectivity index (χ2n) is 6.50. The van der Waals surface area contributed by atoms with Crippen LogP contribution in [0.15, 0.2) is 0 Å². The van der Waals surface area contributed by atoms with Crippen molar-refractivity contribution < 1.29 is 14.7 Å². The summed E-state index contributed by atoms with van der Waals surface area (Å²) in [6.07, 6.45) is 4.91. The van der Waals surface area contributed by atoms with Gasteiger partial charge in [0.15, 0.2) is 0 Å². The first-order valence-electron chi connectivity index (χ1n) is 7.97. The standard InChI is InChI=1S/C16H22N2O3S/c1-9-14(22-13(17-9)8-11-5-6-11)15(19)18-7-3-4-12(10(18)2)16(20)21/h10-12H,3-8H2,1-2H3,(H,20,21)/t10-,12-/m1/s1. The monoisotopic (exact) mass is 322 g/mol. The predicted molar refractivity (Wildman–Crippen MR) is 84.1 cm³/mol. The number of carboxylic acid groups (broad SMARTS) is 1. The van der Waals surface area contributed by atoms with Crippen LogP contribution in [0.1, 0.15) is 53.0 Å². The molecule has 2 atom stereocenters. The minimum Gasteiger partial charge on any atom is -0.481 e. The lowest BCUT2D eigenvalue weighted by Crippen LogP contribution is -2.49. The summed E-state index contributed by atoms with van der Waals surface area (Å²) in [5.41, 5.74) is 0.787. The molecule has 2 fully saturated rings. The molecule has 1 amide bonds. The molecule has 2 heterocycles. The van der Waals surface area contributed by atoms with Gasteiger partial charge in [0, 0.05) is 19.0 Å². The molecule has 1 aliphatic heterocycles. The molecular formula is C16H22N2O3S. The Morgan fingerprint density at radius 2 is 2.09 bits per heavy atom. The molecule has 3 rings (SSSR count). The number of carbonyl (C=O) groups is 2. The summed E-state index contributed by atoms with van der Waals surface area (Å²) in [6, 6.07) is -0.257. The average Bonchev–Trinajstić information content (AvgIpc) is 3.20. The number of thiazole rings is 1. The zero-order chi connectivity index (χ0) is 15.9. The smallest absolute Gasteiger partial charge is 0.308 e. The largest absolute Gasteiger partial charge is 0.481 e. The summed E-state index contributed by atoms with van der Waals surface area (Å²) >= 11 is 1.49. The normalized spacial score (nSPS) is 25.3. The van der Waals surface area contributed by atoms with Gasteiger partial charge in [-0.05, 0) is 45.4 Å². The highest BCUT2D eigenvalue weighted by Crippen LogP contribution is 2.35. The van der Waals surface area contributed by atoms with E-state index in [1.54, 1.807) is 4.90 Å². The molecule has 1 saturated carbocycles. The van der Waals surface area contributed by atoms with Gasteiger partial charge < -0.3 is 10.0 Å². The van der Waals surface area contributed by atoms with Crippen molar-refractivity contribution >= 4 is 23.2 Å². The zero-order valence-electron chi connectivity index (χ0n) is 13.0. The number of aryl methyl sites for hydroxylation is 1. The van der Waals surface area contributed by atoms with Crippen LogP contribution in [0.25, 0.3) is 0 Å². The topological polar surface area (TPSA) is 70.5 Å².